The Balaban J connectivity index is 1.87. The Kier molecular flexibility index (Phi) is 3.73. The lowest BCUT2D eigenvalue weighted by Gasteiger charge is -2.25. The van der Waals surface area contributed by atoms with Crippen molar-refractivity contribution in [1.29, 1.82) is 0 Å². The molecule has 0 saturated heterocycles. The molecule has 0 radical (unpaired) electrons. The first kappa shape index (κ1) is 15.7. The van der Waals surface area contributed by atoms with Gasteiger partial charge in [-0.1, -0.05) is 12.1 Å². The largest absolute Gasteiger partial charge is 0.497 e. The van der Waals surface area contributed by atoms with Crippen LogP contribution in [0.25, 0.3) is 10.9 Å². The second kappa shape index (κ2) is 5.93. The monoisotopic (exact) mass is 336 g/mol. The molecule has 1 atom stereocenters. The first-order valence-corrected chi connectivity index (χ1v) is 8.31. The molecule has 4 rings (SSSR count). The van der Waals surface area contributed by atoms with Crippen molar-refractivity contribution in [1.82, 2.24) is 4.57 Å². The molecule has 1 aliphatic rings. The Bertz CT molecular complexity index is 957. The minimum absolute atomic E-state index is 0.00671. The van der Waals surface area contributed by atoms with E-state index < -0.39 is 0 Å². The van der Waals surface area contributed by atoms with Gasteiger partial charge in [-0.3, -0.25) is 4.79 Å². The lowest BCUT2D eigenvalue weighted by molar-refractivity contribution is 0.103. The van der Waals surface area contributed by atoms with Gasteiger partial charge in [0.1, 0.15) is 17.6 Å². The average Bonchev–Trinajstić information content (AvgIpc) is 2.94. The van der Waals surface area contributed by atoms with Crippen molar-refractivity contribution in [2.24, 2.45) is 5.73 Å². The van der Waals surface area contributed by atoms with Gasteiger partial charge in [-0.15, -0.1) is 0 Å². The van der Waals surface area contributed by atoms with Gasteiger partial charge in [0.05, 0.1) is 24.7 Å². The van der Waals surface area contributed by atoms with Crippen LogP contribution in [0, 0.1) is 6.92 Å². The SMILES string of the molecule is COc1ccc(C(=O)c2c(C)n3c4c(cccc24)OC(CN)C3)cc1. The first-order valence-electron chi connectivity index (χ1n) is 8.31. The third kappa shape index (κ3) is 2.39. The number of hydrogen-bond acceptors (Lipinski definition) is 4. The van der Waals surface area contributed by atoms with Crippen LogP contribution in [-0.4, -0.2) is 30.1 Å². The summed E-state index contributed by atoms with van der Waals surface area (Å²) in [7, 11) is 1.61. The summed E-state index contributed by atoms with van der Waals surface area (Å²) in [4.78, 5) is 13.2. The molecule has 0 aliphatic carbocycles. The molecule has 0 amide bonds. The number of hydrogen-bond donors (Lipinski definition) is 1. The number of carbonyl (C=O) groups excluding carboxylic acids is 1. The number of nitrogens with two attached hydrogens (primary N) is 1. The van der Waals surface area contributed by atoms with Gasteiger partial charge in [0.2, 0.25) is 0 Å². The molecule has 5 heteroatoms. The van der Waals surface area contributed by atoms with E-state index in [0.717, 1.165) is 33.7 Å². The molecule has 2 aromatic carbocycles. The van der Waals surface area contributed by atoms with Crippen LogP contribution >= 0.6 is 0 Å². The van der Waals surface area contributed by atoms with Crippen LogP contribution in [0.1, 0.15) is 21.6 Å². The Morgan fingerprint density at radius 2 is 2.04 bits per heavy atom. The number of ketones is 1. The van der Waals surface area contributed by atoms with E-state index in [4.69, 9.17) is 15.2 Å². The molecule has 1 aliphatic heterocycles. The number of methoxy groups -OCH3 is 1. The zero-order chi connectivity index (χ0) is 17.6. The summed E-state index contributed by atoms with van der Waals surface area (Å²) in [5.41, 5.74) is 9.10. The molecule has 5 nitrogen and oxygen atoms in total. The van der Waals surface area contributed by atoms with Gasteiger partial charge in [0.25, 0.3) is 0 Å². The summed E-state index contributed by atoms with van der Waals surface area (Å²) in [5.74, 6) is 1.53. The number of rotatable bonds is 4. The minimum atomic E-state index is -0.0758. The van der Waals surface area contributed by atoms with E-state index in [9.17, 15) is 4.79 Å². The molecule has 2 N–H and O–H groups in total. The van der Waals surface area contributed by atoms with Gasteiger partial charge in [-0.2, -0.15) is 0 Å². The number of ether oxygens (including phenoxy) is 2. The third-order valence-electron chi connectivity index (χ3n) is 4.83. The second-order valence-corrected chi connectivity index (χ2v) is 6.26. The molecule has 0 fully saturated rings. The molecule has 1 unspecified atom stereocenters. The maximum atomic E-state index is 13.2. The highest BCUT2D eigenvalue weighted by atomic mass is 16.5. The van der Waals surface area contributed by atoms with E-state index in [1.54, 1.807) is 31.4 Å². The standard InChI is InChI=1S/C20H20N2O3/c1-12-18(20(23)13-6-8-14(24-2)9-7-13)16-4-3-5-17-19(16)22(12)11-15(10-21)25-17/h3-9,15H,10-11,21H2,1-2H3. The van der Waals surface area contributed by atoms with Crippen molar-refractivity contribution < 1.29 is 14.3 Å². The van der Waals surface area contributed by atoms with E-state index in [1.807, 2.05) is 25.1 Å². The molecular formula is C20H20N2O3. The average molecular weight is 336 g/mol. The quantitative estimate of drug-likeness (QED) is 0.744. The van der Waals surface area contributed by atoms with Crippen LogP contribution in [0.15, 0.2) is 42.5 Å². The Morgan fingerprint density at radius 1 is 1.28 bits per heavy atom. The van der Waals surface area contributed by atoms with Crippen LogP contribution in [0.3, 0.4) is 0 Å². The molecular weight excluding hydrogens is 316 g/mol. The number of para-hydroxylation sites is 1. The van der Waals surface area contributed by atoms with E-state index in [0.29, 0.717) is 18.7 Å². The Labute approximate surface area is 146 Å². The third-order valence-corrected chi connectivity index (χ3v) is 4.83. The van der Waals surface area contributed by atoms with Crippen molar-refractivity contribution >= 4 is 16.7 Å². The van der Waals surface area contributed by atoms with Crippen LogP contribution in [0.5, 0.6) is 11.5 Å². The maximum Gasteiger partial charge on any atom is 0.195 e. The molecule has 1 aromatic heterocycles. The summed E-state index contributed by atoms with van der Waals surface area (Å²) in [6.45, 7) is 3.08. The summed E-state index contributed by atoms with van der Waals surface area (Å²) in [6, 6.07) is 13.0. The van der Waals surface area contributed by atoms with Crippen molar-refractivity contribution in [3.63, 3.8) is 0 Å². The summed E-state index contributed by atoms with van der Waals surface area (Å²) in [5, 5.41) is 0.922. The van der Waals surface area contributed by atoms with Gasteiger partial charge >= 0.3 is 0 Å². The fourth-order valence-corrected chi connectivity index (χ4v) is 3.54. The van der Waals surface area contributed by atoms with Gasteiger partial charge < -0.3 is 19.8 Å². The number of aromatic nitrogens is 1. The fraction of sp³-hybridized carbons (Fsp3) is 0.250. The molecule has 0 bridgehead atoms. The van der Waals surface area contributed by atoms with Gasteiger partial charge in [-0.25, -0.2) is 0 Å². The Morgan fingerprint density at radius 3 is 2.72 bits per heavy atom. The van der Waals surface area contributed by atoms with E-state index in [-0.39, 0.29) is 11.9 Å². The molecule has 3 aromatic rings. The van der Waals surface area contributed by atoms with Gasteiger partial charge in [-0.05, 0) is 37.3 Å². The number of nitrogens with zero attached hydrogens (tertiary/aromatic N) is 1. The predicted molar refractivity (Wildman–Crippen MR) is 96.6 cm³/mol. The van der Waals surface area contributed by atoms with Crippen LogP contribution in [0.4, 0.5) is 0 Å². The van der Waals surface area contributed by atoms with Gasteiger partial charge in [0.15, 0.2) is 5.78 Å². The maximum absolute atomic E-state index is 13.2. The molecule has 2 heterocycles. The summed E-state index contributed by atoms with van der Waals surface area (Å²) >= 11 is 0. The van der Waals surface area contributed by atoms with E-state index >= 15 is 0 Å². The molecule has 0 saturated carbocycles. The molecule has 128 valence electrons. The van der Waals surface area contributed by atoms with Crippen LogP contribution in [0.2, 0.25) is 0 Å². The molecule has 0 spiro atoms. The predicted octanol–water partition coefficient (Wildman–Crippen LogP) is 2.91. The highest BCUT2D eigenvalue weighted by Gasteiger charge is 2.28. The van der Waals surface area contributed by atoms with Crippen molar-refractivity contribution in [3.8, 4) is 11.5 Å². The lowest BCUT2D eigenvalue weighted by atomic mass is 10.0. The highest BCUT2D eigenvalue weighted by Crippen LogP contribution is 2.37. The smallest absolute Gasteiger partial charge is 0.195 e. The highest BCUT2D eigenvalue weighted by molar-refractivity contribution is 6.18. The van der Waals surface area contributed by atoms with Crippen molar-refractivity contribution in [2.45, 2.75) is 19.6 Å². The Hall–Kier alpha value is -2.79. The second-order valence-electron chi connectivity index (χ2n) is 6.26. The van der Waals surface area contributed by atoms with Crippen LogP contribution < -0.4 is 15.2 Å². The topological polar surface area (TPSA) is 66.5 Å². The summed E-state index contributed by atoms with van der Waals surface area (Å²) < 4.78 is 13.3. The lowest BCUT2D eigenvalue weighted by Crippen LogP contribution is -2.34. The first-order chi connectivity index (χ1) is 12.1. The zero-order valence-corrected chi connectivity index (χ0v) is 14.3. The van der Waals surface area contributed by atoms with E-state index in [2.05, 4.69) is 4.57 Å². The van der Waals surface area contributed by atoms with Crippen LogP contribution in [-0.2, 0) is 6.54 Å². The minimum Gasteiger partial charge on any atom is -0.497 e. The fourth-order valence-electron chi connectivity index (χ4n) is 3.54. The normalized spacial score (nSPS) is 15.9. The van der Waals surface area contributed by atoms with Crippen molar-refractivity contribution in [3.05, 3.63) is 59.3 Å². The van der Waals surface area contributed by atoms with Gasteiger partial charge in [0, 0.05) is 23.2 Å². The summed E-state index contributed by atoms with van der Waals surface area (Å²) in [6.07, 6.45) is -0.0758. The zero-order valence-electron chi connectivity index (χ0n) is 14.3. The molecule has 25 heavy (non-hydrogen) atoms. The number of carbonyl (C=O) groups is 1. The van der Waals surface area contributed by atoms with E-state index in [1.165, 1.54) is 0 Å². The number of benzene rings is 2. The van der Waals surface area contributed by atoms with Crippen molar-refractivity contribution in [2.75, 3.05) is 13.7 Å².